The molecular formula is C32H29F2N3O6. The van der Waals surface area contributed by atoms with E-state index < -0.39 is 46.9 Å². The third kappa shape index (κ3) is 6.26. The molecule has 3 aromatic carbocycles. The molecule has 0 aliphatic carbocycles. The second-order valence-electron chi connectivity index (χ2n) is 10.1. The van der Waals surface area contributed by atoms with Crippen molar-refractivity contribution in [2.75, 3.05) is 25.1 Å². The van der Waals surface area contributed by atoms with Crippen LogP contribution in [0.5, 0.6) is 23.3 Å². The number of esters is 1. The number of benzene rings is 3. The molecule has 1 aliphatic heterocycles. The van der Waals surface area contributed by atoms with Crippen LogP contribution in [0.4, 0.5) is 14.5 Å². The minimum Gasteiger partial charge on any atom is -0.478 e. The number of carbonyl (C=O) groups excluding carboxylic acids is 1. The molecule has 0 radical (unpaired) electrons. The van der Waals surface area contributed by atoms with Crippen LogP contribution in [0.15, 0.2) is 66.7 Å². The maximum Gasteiger partial charge on any atom is 0.339 e. The van der Waals surface area contributed by atoms with Crippen LogP contribution in [0.1, 0.15) is 27.9 Å². The Bertz CT molecular complexity index is 1700. The van der Waals surface area contributed by atoms with Gasteiger partial charge in [-0.05, 0) is 65.9 Å². The van der Waals surface area contributed by atoms with Crippen molar-refractivity contribution in [1.82, 2.24) is 4.98 Å². The van der Waals surface area contributed by atoms with Crippen LogP contribution in [0.25, 0.3) is 11.1 Å². The van der Waals surface area contributed by atoms with Crippen molar-refractivity contribution < 1.29 is 37.7 Å². The summed E-state index contributed by atoms with van der Waals surface area (Å²) in [5.74, 6) is -5.91. The van der Waals surface area contributed by atoms with Gasteiger partial charge in [-0.2, -0.15) is 13.8 Å². The predicted octanol–water partition coefficient (Wildman–Crippen LogP) is 6.08. The Morgan fingerprint density at radius 3 is 2.40 bits per heavy atom. The third-order valence-corrected chi connectivity index (χ3v) is 7.15. The lowest BCUT2D eigenvalue weighted by Crippen LogP contribution is -2.25. The number of carboxylic acids is 1. The molecule has 1 aromatic heterocycles. The molecule has 222 valence electrons. The van der Waals surface area contributed by atoms with Crippen molar-refractivity contribution in [2.45, 2.75) is 19.9 Å². The molecule has 0 amide bonds. The molecule has 1 unspecified atom stereocenters. The lowest BCUT2D eigenvalue weighted by Gasteiger charge is -2.22. The third-order valence-electron chi connectivity index (χ3n) is 7.15. The highest BCUT2D eigenvalue weighted by molar-refractivity contribution is 5.91. The topological polar surface area (TPSA) is 124 Å². The SMILES string of the molecule is COC(=O)C1CCN(c2c(F)c(Oc3cccc(-c4cccc(CN)c4)c3)nc(Oc3cc(C)ccc3C(=O)O)c2F)C1. The monoisotopic (exact) mass is 589 g/mol. The second kappa shape index (κ2) is 12.5. The van der Waals surface area contributed by atoms with E-state index in [4.69, 9.17) is 19.9 Å². The van der Waals surface area contributed by atoms with E-state index >= 15 is 8.78 Å². The largest absolute Gasteiger partial charge is 0.478 e. The number of halogens is 2. The van der Waals surface area contributed by atoms with Gasteiger partial charge < -0.3 is 30.0 Å². The van der Waals surface area contributed by atoms with E-state index in [1.807, 2.05) is 30.3 Å². The summed E-state index contributed by atoms with van der Waals surface area (Å²) >= 11 is 0. The lowest BCUT2D eigenvalue weighted by atomic mass is 10.0. The standard InChI is InChI=1S/C32H29F2N3O6/c1-18-9-10-24(31(38)39)25(13-18)43-30-27(34)28(37-12-11-22(17-37)32(40)41-2)26(33)29(36-30)42-23-8-4-7-21(15-23)20-6-3-5-19(14-20)16-35/h3-10,13-15,22H,11-12,16-17,35H2,1-2H3,(H,38,39). The minimum atomic E-state index is -1.30. The Morgan fingerprint density at radius 2 is 1.70 bits per heavy atom. The average molecular weight is 590 g/mol. The zero-order valence-electron chi connectivity index (χ0n) is 23.5. The van der Waals surface area contributed by atoms with E-state index in [0.717, 1.165) is 16.7 Å². The van der Waals surface area contributed by atoms with Gasteiger partial charge in [0.15, 0.2) is 0 Å². The molecule has 43 heavy (non-hydrogen) atoms. The van der Waals surface area contributed by atoms with Crippen LogP contribution >= 0.6 is 0 Å². The maximum absolute atomic E-state index is 16.0. The first-order valence-corrected chi connectivity index (χ1v) is 13.5. The summed E-state index contributed by atoms with van der Waals surface area (Å²) in [6, 6.07) is 18.7. The van der Waals surface area contributed by atoms with Gasteiger partial charge in [0.2, 0.25) is 11.6 Å². The number of hydrogen-bond acceptors (Lipinski definition) is 8. The van der Waals surface area contributed by atoms with Crippen molar-refractivity contribution in [3.05, 3.63) is 95.1 Å². The van der Waals surface area contributed by atoms with Crippen LogP contribution in [-0.4, -0.2) is 42.2 Å². The fourth-order valence-corrected chi connectivity index (χ4v) is 4.95. The number of aromatic nitrogens is 1. The van der Waals surface area contributed by atoms with Crippen LogP contribution in [-0.2, 0) is 16.1 Å². The van der Waals surface area contributed by atoms with Crippen molar-refractivity contribution in [1.29, 1.82) is 0 Å². The highest BCUT2D eigenvalue weighted by Crippen LogP contribution is 2.41. The molecule has 9 nitrogen and oxygen atoms in total. The zero-order chi connectivity index (χ0) is 30.7. The molecular weight excluding hydrogens is 560 g/mol. The minimum absolute atomic E-state index is 0.0127. The van der Waals surface area contributed by atoms with Crippen LogP contribution < -0.4 is 20.1 Å². The average Bonchev–Trinajstić information content (AvgIpc) is 3.49. The van der Waals surface area contributed by atoms with Gasteiger partial charge in [-0.15, -0.1) is 0 Å². The molecule has 4 aromatic rings. The van der Waals surface area contributed by atoms with E-state index in [2.05, 4.69) is 4.98 Å². The molecule has 0 saturated carbocycles. The Balaban J connectivity index is 1.57. The predicted molar refractivity (Wildman–Crippen MR) is 155 cm³/mol. The zero-order valence-corrected chi connectivity index (χ0v) is 23.5. The van der Waals surface area contributed by atoms with Gasteiger partial charge in [-0.25, -0.2) is 4.79 Å². The van der Waals surface area contributed by atoms with Gasteiger partial charge in [-0.3, -0.25) is 4.79 Å². The highest BCUT2D eigenvalue weighted by atomic mass is 19.1. The van der Waals surface area contributed by atoms with Gasteiger partial charge >= 0.3 is 11.9 Å². The van der Waals surface area contributed by atoms with Gasteiger partial charge in [0.25, 0.3) is 11.8 Å². The molecule has 5 rings (SSSR count). The van der Waals surface area contributed by atoms with E-state index in [1.165, 1.54) is 24.1 Å². The summed E-state index contributed by atoms with van der Waals surface area (Å²) in [5.41, 5.74) is 8.23. The molecule has 2 heterocycles. The number of hydrogen-bond donors (Lipinski definition) is 2. The van der Waals surface area contributed by atoms with Gasteiger partial charge in [0.1, 0.15) is 22.7 Å². The molecule has 0 bridgehead atoms. The van der Waals surface area contributed by atoms with Crippen molar-refractivity contribution in [3.63, 3.8) is 0 Å². The molecule has 1 fully saturated rings. The Hall–Kier alpha value is -5.03. The van der Waals surface area contributed by atoms with E-state index in [9.17, 15) is 14.7 Å². The quantitative estimate of drug-likeness (QED) is 0.224. The first kappa shape index (κ1) is 29.5. The first-order chi connectivity index (χ1) is 20.7. The van der Waals surface area contributed by atoms with Gasteiger partial charge in [0, 0.05) is 19.6 Å². The van der Waals surface area contributed by atoms with Crippen molar-refractivity contribution in [2.24, 2.45) is 11.7 Å². The Labute approximate surface area is 246 Å². The fourth-order valence-electron chi connectivity index (χ4n) is 4.95. The van der Waals surface area contributed by atoms with Crippen molar-refractivity contribution in [3.8, 4) is 34.4 Å². The Morgan fingerprint density at radius 1 is 1.00 bits per heavy atom. The van der Waals surface area contributed by atoms with Crippen molar-refractivity contribution >= 4 is 17.6 Å². The summed E-state index contributed by atoms with van der Waals surface area (Å²) in [7, 11) is 1.25. The molecule has 0 spiro atoms. The normalized spacial score (nSPS) is 14.4. The molecule has 1 saturated heterocycles. The van der Waals surface area contributed by atoms with Gasteiger partial charge in [0.05, 0.1) is 13.0 Å². The summed E-state index contributed by atoms with van der Waals surface area (Å²) in [5, 5.41) is 9.64. The molecule has 3 N–H and O–H groups in total. The number of pyridine rings is 1. The van der Waals surface area contributed by atoms with E-state index in [0.29, 0.717) is 18.5 Å². The molecule has 1 atom stereocenters. The number of ether oxygens (including phenoxy) is 3. The summed E-state index contributed by atoms with van der Waals surface area (Å²) in [6.07, 6.45) is 0.311. The number of aromatic carboxylic acids is 1. The van der Waals surface area contributed by atoms with E-state index in [-0.39, 0.29) is 30.2 Å². The van der Waals surface area contributed by atoms with Crippen LogP contribution in [0.3, 0.4) is 0 Å². The smallest absolute Gasteiger partial charge is 0.339 e. The van der Waals surface area contributed by atoms with E-state index in [1.54, 1.807) is 31.2 Å². The number of rotatable bonds is 9. The molecule has 1 aliphatic rings. The number of aryl methyl sites for hydroxylation is 1. The first-order valence-electron chi connectivity index (χ1n) is 13.5. The van der Waals surface area contributed by atoms with Crippen LogP contribution in [0, 0.1) is 24.5 Å². The number of anilines is 1. The number of nitrogens with zero attached hydrogens (tertiary/aromatic N) is 2. The number of carboxylic acid groups (broad SMARTS) is 1. The molecule has 11 heteroatoms. The van der Waals surface area contributed by atoms with Gasteiger partial charge in [-0.1, -0.05) is 36.4 Å². The number of nitrogens with two attached hydrogens (primary N) is 1. The second-order valence-corrected chi connectivity index (χ2v) is 10.1. The maximum atomic E-state index is 16.0. The summed E-state index contributed by atoms with van der Waals surface area (Å²) in [6.45, 7) is 2.20. The van der Waals surface area contributed by atoms with Crippen LogP contribution in [0.2, 0.25) is 0 Å². The highest BCUT2D eigenvalue weighted by Gasteiger charge is 2.35. The Kier molecular flexibility index (Phi) is 8.53. The summed E-state index contributed by atoms with van der Waals surface area (Å²) < 4.78 is 48.4. The fraction of sp³-hybridized carbons (Fsp3) is 0.219. The number of methoxy groups -OCH3 is 1. The summed E-state index contributed by atoms with van der Waals surface area (Å²) in [4.78, 5) is 29.3. The lowest BCUT2D eigenvalue weighted by molar-refractivity contribution is -0.144. The number of carbonyl (C=O) groups is 2.